The van der Waals surface area contributed by atoms with Crippen LogP contribution < -0.4 is 0 Å². The maximum absolute atomic E-state index is 12.3. The molecule has 0 saturated carbocycles. The molecule has 2 unspecified atom stereocenters. The van der Waals surface area contributed by atoms with Crippen LogP contribution in [0, 0.1) is 5.41 Å². The van der Waals surface area contributed by atoms with Crippen molar-refractivity contribution in [3.63, 3.8) is 0 Å². The Labute approximate surface area is 133 Å². The normalized spacial score (nSPS) is 20.6. The lowest BCUT2D eigenvalue weighted by Crippen LogP contribution is -2.21. The van der Waals surface area contributed by atoms with Crippen LogP contribution in [0.5, 0.6) is 0 Å². The summed E-state index contributed by atoms with van der Waals surface area (Å²) in [5.74, 6) is 0.217. The standard InChI is InChI=1S/C19H26O3/c1-19(2,12-6-7-13-20)14-16(21)18-17(22-18)11-10-15-8-4-3-5-9-15/h3-5,8-9,13,17-18H,6-7,10-12,14H2,1-2H3. The Balaban J connectivity index is 1.70. The summed E-state index contributed by atoms with van der Waals surface area (Å²) in [4.78, 5) is 22.7. The third kappa shape index (κ3) is 5.38. The van der Waals surface area contributed by atoms with Crippen LogP contribution in [-0.2, 0) is 20.7 Å². The zero-order chi connectivity index (χ0) is 16.0. The number of ketones is 1. The number of benzene rings is 1. The van der Waals surface area contributed by atoms with Crippen molar-refractivity contribution >= 4 is 12.1 Å². The summed E-state index contributed by atoms with van der Waals surface area (Å²) in [5, 5.41) is 0. The Morgan fingerprint density at radius 3 is 2.68 bits per heavy atom. The van der Waals surface area contributed by atoms with E-state index in [9.17, 15) is 9.59 Å². The van der Waals surface area contributed by atoms with Crippen molar-refractivity contribution in [2.24, 2.45) is 5.41 Å². The first-order valence-electron chi connectivity index (χ1n) is 8.17. The first kappa shape index (κ1) is 16.9. The lowest BCUT2D eigenvalue weighted by atomic mass is 9.81. The van der Waals surface area contributed by atoms with Gasteiger partial charge in [0.05, 0.1) is 6.10 Å². The van der Waals surface area contributed by atoms with Gasteiger partial charge in [0.1, 0.15) is 12.4 Å². The molecular weight excluding hydrogens is 276 g/mol. The average Bonchev–Trinajstić information content (AvgIpc) is 3.26. The minimum absolute atomic E-state index is 0.0456. The highest BCUT2D eigenvalue weighted by Gasteiger charge is 2.45. The fourth-order valence-electron chi connectivity index (χ4n) is 2.92. The number of ether oxygens (including phenoxy) is 1. The van der Waals surface area contributed by atoms with Crippen LogP contribution in [0.1, 0.15) is 51.5 Å². The molecule has 0 aromatic heterocycles. The summed E-state index contributed by atoms with van der Waals surface area (Å²) in [7, 11) is 0. The number of Topliss-reactive ketones (excluding diaryl/α,β-unsaturated/α-hetero) is 1. The van der Waals surface area contributed by atoms with Crippen molar-refractivity contribution in [3.05, 3.63) is 35.9 Å². The largest absolute Gasteiger partial charge is 0.361 e. The molecule has 2 atom stereocenters. The zero-order valence-corrected chi connectivity index (χ0v) is 13.6. The van der Waals surface area contributed by atoms with Crippen LogP contribution in [0.25, 0.3) is 0 Å². The van der Waals surface area contributed by atoms with Gasteiger partial charge in [-0.05, 0) is 36.7 Å². The number of aldehydes is 1. The second kappa shape index (κ2) is 7.68. The molecule has 1 aliphatic rings. The van der Waals surface area contributed by atoms with Crippen LogP contribution in [0.15, 0.2) is 30.3 Å². The van der Waals surface area contributed by atoms with Crippen LogP contribution in [0.4, 0.5) is 0 Å². The van der Waals surface area contributed by atoms with Gasteiger partial charge in [0.15, 0.2) is 5.78 Å². The fraction of sp³-hybridized carbons (Fsp3) is 0.579. The first-order valence-corrected chi connectivity index (χ1v) is 8.17. The number of aryl methyl sites for hydroxylation is 1. The molecule has 22 heavy (non-hydrogen) atoms. The summed E-state index contributed by atoms with van der Waals surface area (Å²) >= 11 is 0. The summed E-state index contributed by atoms with van der Waals surface area (Å²) in [6.45, 7) is 4.19. The molecule has 120 valence electrons. The monoisotopic (exact) mass is 302 g/mol. The number of rotatable bonds is 10. The molecule has 1 aromatic rings. The molecular formula is C19H26O3. The van der Waals surface area contributed by atoms with E-state index in [0.717, 1.165) is 32.0 Å². The minimum Gasteiger partial charge on any atom is -0.361 e. The van der Waals surface area contributed by atoms with Gasteiger partial charge in [0.2, 0.25) is 0 Å². The van der Waals surface area contributed by atoms with E-state index in [1.54, 1.807) is 0 Å². The van der Waals surface area contributed by atoms with E-state index in [1.165, 1.54) is 5.56 Å². The number of unbranched alkanes of at least 4 members (excludes halogenated alkanes) is 1. The van der Waals surface area contributed by atoms with Crippen LogP contribution >= 0.6 is 0 Å². The second-order valence-electron chi connectivity index (χ2n) is 6.99. The molecule has 1 aliphatic heterocycles. The van der Waals surface area contributed by atoms with E-state index in [4.69, 9.17) is 4.74 Å². The number of hydrogen-bond acceptors (Lipinski definition) is 3. The van der Waals surface area contributed by atoms with Gasteiger partial charge in [-0.25, -0.2) is 0 Å². The Morgan fingerprint density at radius 1 is 1.27 bits per heavy atom. The van der Waals surface area contributed by atoms with Gasteiger partial charge >= 0.3 is 0 Å². The molecule has 0 radical (unpaired) electrons. The lowest BCUT2D eigenvalue weighted by molar-refractivity contribution is -0.122. The number of carbonyl (C=O) groups excluding carboxylic acids is 2. The van der Waals surface area contributed by atoms with E-state index in [0.29, 0.717) is 12.8 Å². The number of carbonyl (C=O) groups is 2. The summed E-state index contributed by atoms with van der Waals surface area (Å²) in [6, 6.07) is 10.3. The maximum Gasteiger partial charge on any atom is 0.164 e. The van der Waals surface area contributed by atoms with E-state index in [2.05, 4.69) is 26.0 Å². The Kier molecular flexibility index (Phi) is 5.90. The van der Waals surface area contributed by atoms with Gasteiger partial charge in [-0.2, -0.15) is 0 Å². The van der Waals surface area contributed by atoms with Crippen molar-refractivity contribution in [1.29, 1.82) is 0 Å². The minimum atomic E-state index is -0.200. The summed E-state index contributed by atoms with van der Waals surface area (Å²) in [5.41, 5.74) is 1.24. The average molecular weight is 302 g/mol. The number of epoxide rings is 1. The molecule has 1 saturated heterocycles. The predicted octanol–water partition coefficient (Wildman–Crippen LogP) is 3.74. The Bertz CT molecular complexity index is 493. The van der Waals surface area contributed by atoms with Crippen molar-refractivity contribution in [2.45, 2.75) is 64.6 Å². The third-order valence-corrected chi connectivity index (χ3v) is 4.29. The topological polar surface area (TPSA) is 46.7 Å². The summed E-state index contributed by atoms with van der Waals surface area (Å²) in [6.07, 6.45) is 5.58. The van der Waals surface area contributed by atoms with Crippen molar-refractivity contribution in [2.75, 3.05) is 0 Å². The van der Waals surface area contributed by atoms with Gasteiger partial charge in [-0.15, -0.1) is 0 Å². The smallest absolute Gasteiger partial charge is 0.164 e. The zero-order valence-electron chi connectivity index (χ0n) is 13.6. The van der Waals surface area contributed by atoms with Crippen LogP contribution in [-0.4, -0.2) is 24.3 Å². The molecule has 0 aliphatic carbocycles. The maximum atomic E-state index is 12.3. The molecule has 0 spiro atoms. The van der Waals surface area contributed by atoms with Crippen LogP contribution in [0.3, 0.4) is 0 Å². The van der Waals surface area contributed by atoms with E-state index in [1.807, 2.05) is 18.2 Å². The Hall–Kier alpha value is -1.48. The highest BCUT2D eigenvalue weighted by atomic mass is 16.6. The first-order chi connectivity index (χ1) is 10.5. The van der Waals surface area contributed by atoms with Crippen molar-refractivity contribution < 1.29 is 14.3 Å². The highest BCUT2D eigenvalue weighted by molar-refractivity contribution is 5.86. The van der Waals surface area contributed by atoms with Gasteiger partial charge in [-0.1, -0.05) is 44.2 Å². The quantitative estimate of drug-likeness (QED) is 0.376. The predicted molar refractivity (Wildman–Crippen MR) is 86.7 cm³/mol. The molecule has 3 heteroatoms. The molecule has 1 heterocycles. The molecule has 3 nitrogen and oxygen atoms in total. The molecule has 2 rings (SSSR count). The highest BCUT2D eigenvalue weighted by Crippen LogP contribution is 2.34. The van der Waals surface area contributed by atoms with Gasteiger partial charge in [0.25, 0.3) is 0 Å². The van der Waals surface area contributed by atoms with E-state index >= 15 is 0 Å². The second-order valence-corrected chi connectivity index (χ2v) is 6.99. The third-order valence-electron chi connectivity index (χ3n) is 4.29. The van der Waals surface area contributed by atoms with Crippen molar-refractivity contribution in [3.8, 4) is 0 Å². The van der Waals surface area contributed by atoms with Gasteiger partial charge in [-0.3, -0.25) is 4.79 Å². The van der Waals surface area contributed by atoms with E-state index < -0.39 is 0 Å². The van der Waals surface area contributed by atoms with E-state index in [-0.39, 0.29) is 23.4 Å². The molecule has 1 fully saturated rings. The fourth-order valence-corrected chi connectivity index (χ4v) is 2.92. The molecule has 1 aromatic carbocycles. The SMILES string of the molecule is CC(C)(CCCC=O)CC(=O)C1OC1CCc1ccccc1. The Morgan fingerprint density at radius 2 is 2.00 bits per heavy atom. The lowest BCUT2D eigenvalue weighted by Gasteiger charge is -2.22. The molecule has 0 amide bonds. The van der Waals surface area contributed by atoms with Gasteiger partial charge < -0.3 is 9.53 Å². The van der Waals surface area contributed by atoms with Gasteiger partial charge in [0, 0.05) is 12.8 Å². The molecule has 0 N–H and O–H groups in total. The number of hydrogen-bond donors (Lipinski definition) is 0. The van der Waals surface area contributed by atoms with Crippen LogP contribution in [0.2, 0.25) is 0 Å². The summed E-state index contributed by atoms with van der Waals surface area (Å²) < 4.78 is 5.57. The molecule has 0 bridgehead atoms. The van der Waals surface area contributed by atoms with Crippen molar-refractivity contribution in [1.82, 2.24) is 0 Å².